The van der Waals surface area contributed by atoms with Crippen molar-refractivity contribution in [3.8, 4) is 5.75 Å². The number of nitrogens with zero attached hydrogens (tertiary/aromatic N) is 2. The van der Waals surface area contributed by atoms with E-state index in [1.54, 1.807) is 17.5 Å². The Kier molecular flexibility index (Phi) is 7.06. The van der Waals surface area contributed by atoms with Crippen molar-refractivity contribution >= 4 is 60.7 Å². The van der Waals surface area contributed by atoms with Gasteiger partial charge in [0.25, 0.3) is 10.0 Å². The van der Waals surface area contributed by atoms with E-state index in [2.05, 4.69) is 14.7 Å². The molecule has 3 aromatic rings. The van der Waals surface area contributed by atoms with Crippen LogP contribution in [0.25, 0.3) is 10.9 Å². The topological polar surface area (TPSA) is 101 Å². The van der Waals surface area contributed by atoms with E-state index >= 15 is 0 Å². The number of esters is 1. The van der Waals surface area contributed by atoms with E-state index < -0.39 is 22.1 Å². The number of nitrogens with one attached hydrogen (secondary N) is 1. The number of sulfonamides is 1. The van der Waals surface area contributed by atoms with Gasteiger partial charge in [0.15, 0.2) is 0 Å². The fourth-order valence-corrected chi connectivity index (χ4v) is 6.90. The fourth-order valence-electron chi connectivity index (χ4n) is 3.48. The van der Waals surface area contributed by atoms with Crippen molar-refractivity contribution in [2.75, 3.05) is 24.5 Å². The summed E-state index contributed by atoms with van der Waals surface area (Å²) in [6.45, 7) is 2.08. The maximum atomic E-state index is 13.1. The number of anilines is 1. The number of aliphatic imine (C=N–C) groups is 1. The molecule has 2 aromatic heterocycles. The van der Waals surface area contributed by atoms with Crippen LogP contribution in [-0.2, 0) is 19.6 Å². The number of aromatic nitrogens is 1. The van der Waals surface area contributed by atoms with Crippen LogP contribution in [0.2, 0.25) is 0 Å². The van der Waals surface area contributed by atoms with Crippen LogP contribution in [-0.4, -0.2) is 56.2 Å². The number of aromatic amines is 1. The molecule has 1 aliphatic heterocycles. The van der Waals surface area contributed by atoms with Crippen molar-refractivity contribution in [2.45, 2.75) is 29.2 Å². The van der Waals surface area contributed by atoms with Crippen molar-refractivity contribution in [3.63, 3.8) is 0 Å². The van der Waals surface area contributed by atoms with Gasteiger partial charge in [-0.15, -0.1) is 24.5 Å². The number of fused-ring (bicyclic) bond motifs is 1. The molecule has 35 heavy (non-hydrogen) atoms. The predicted molar refractivity (Wildman–Crippen MR) is 129 cm³/mol. The Morgan fingerprint density at radius 3 is 2.74 bits per heavy atom. The first-order valence-corrected chi connectivity index (χ1v) is 13.4. The maximum absolute atomic E-state index is 13.1. The first kappa shape index (κ1) is 25.4. The van der Waals surface area contributed by atoms with E-state index in [1.807, 2.05) is 0 Å². The van der Waals surface area contributed by atoms with Crippen LogP contribution in [0.1, 0.15) is 19.0 Å². The van der Waals surface area contributed by atoms with Crippen molar-refractivity contribution in [3.05, 3.63) is 41.4 Å². The van der Waals surface area contributed by atoms with Crippen molar-refractivity contribution in [2.24, 2.45) is 4.99 Å². The molecule has 0 bridgehead atoms. The smallest absolute Gasteiger partial charge is 0.466 e. The molecule has 1 aromatic carbocycles. The Balaban J connectivity index is 1.69. The van der Waals surface area contributed by atoms with Crippen molar-refractivity contribution in [1.29, 1.82) is 0 Å². The SMILES string of the molecule is CC(=O)OCCC1CN=C(c2cc3cc(OC(F)(F)F)cc(N(C)S(=O)(=O)c4cccs4)c3[nH]2)S1. The summed E-state index contributed by atoms with van der Waals surface area (Å²) in [6.07, 6.45) is -4.36. The molecule has 0 aliphatic carbocycles. The molecular weight excluding hydrogens is 527 g/mol. The summed E-state index contributed by atoms with van der Waals surface area (Å²) < 4.78 is 75.1. The largest absolute Gasteiger partial charge is 0.573 e. The van der Waals surface area contributed by atoms with Crippen LogP contribution < -0.4 is 9.04 Å². The summed E-state index contributed by atoms with van der Waals surface area (Å²) >= 11 is 2.45. The first-order valence-electron chi connectivity index (χ1n) is 10.2. The lowest BCUT2D eigenvalue weighted by atomic mass is 10.2. The third-order valence-corrected chi connectivity index (χ3v) is 9.49. The van der Waals surface area contributed by atoms with Crippen LogP contribution in [0, 0.1) is 0 Å². The summed E-state index contributed by atoms with van der Waals surface area (Å²) in [5.41, 5.74) is 0.854. The van der Waals surface area contributed by atoms with E-state index in [4.69, 9.17) is 4.74 Å². The van der Waals surface area contributed by atoms with Gasteiger partial charge in [0.1, 0.15) is 15.0 Å². The second-order valence-electron chi connectivity index (χ2n) is 7.56. The van der Waals surface area contributed by atoms with Crippen molar-refractivity contribution < 1.29 is 35.9 Å². The number of carbonyl (C=O) groups excluding carboxylic acids is 1. The maximum Gasteiger partial charge on any atom is 0.573 e. The lowest BCUT2D eigenvalue weighted by Crippen LogP contribution is -2.26. The number of rotatable bonds is 8. The van der Waals surface area contributed by atoms with Crippen LogP contribution in [0.4, 0.5) is 18.9 Å². The zero-order chi connectivity index (χ0) is 25.4. The third-order valence-electron chi connectivity index (χ3n) is 5.06. The highest BCUT2D eigenvalue weighted by Gasteiger charge is 2.33. The van der Waals surface area contributed by atoms with Crippen LogP contribution >= 0.6 is 23.1 Å². The van der Waals surface area contributed by atoms with Gasteiger partial charge >= 0.3 is 12.3 Å². The van der Waals surface area contributed by atoms with E-state index in [9.17, 15) is 26.4 Å². The monoisotopic (exact) mass is 547 g/mol. The summed E-state index contributed by atoms with van der Waals surface area (Å²) in [5, 5.41) is 2.62. The molecule has 0 radical (unpaired) electrons. The highest BCUT2D eigenvalue weighted by Crippen LogP contribution is 2.38. The van der Waals surface area contributed by atoms with Crippen LogP contribution in [0.5, 0.6) is 5.75 Å². The Labute approximate surface area is 207 Å². The minimum absolute atomic E-state index is 0.00333. The molecule has 1 N–H and O–H groups in total. The molecular formula is C21H20F3N3O5S3. The van der Waals surface area contributed by atoms with Gasteiger partial charge in [-0.2, -0.15) is 0 Å². The molecule has 8 nitrogen and oxygen atoms in total. The highest BCUT2D eigenvalue weighted by molar-refractivity contribution is 8.15. The van der Waals surface area contributed by atoms with Gasteiger partial charge < -0.3 is 14.5 Å². The molecule has 1 unspecified atom stereocenters. The average molecular weight is 548 g/mol. The molecule has 1 aliphatic rings. The zero-order valence-corrected chi connectivity index (χ0v) is 20.9. The molecule has 0 saturated heterocycles. The number of benzene rings is 1. The zero-order valence-electron chi connectivity index (χ0n) is 18.5. The molecule has 3 heterocycles. The van der Waals surface area contributed by atoms with E-state index in [0.717, 1.165) is 21.7 Å². The van der Waals surface area contributed by atoms with Gasteiger partial charge in [-0.25, -0.2) is 8.42 Å². The Morgan fingerprint density at radius 2 is 2.09 bits per heavy atom. The standard InChI is InChI=1S/C21H20F3N3O5S3/c1-12(28)31-6-5-15-11-25-20(34-15)16-9-13-8-14(32-21(22,23)24)10-17(19(13)26-16)27(2)35(29,30)18-4-3-7-33-18/h3-4,7-10,15,26H,5-6,11H2,1-2H3. The summed E-state index contributed by atoms with van der Waals surface area (Å²) in [7, 11) is -2.75. The molecule has 0 fully saturated rings. The number of thiophene rings is 1. The first-order chi connectivity index (χ1) is 16.4. The van der Waals surface area contributed by atoms with Crippen LogP contribution in [0.3, 0.4) is 0 Å². The number of ether oxygens (including phenoxy) is 2. The van der Waals surface area contributed by atoms with E-state index in [-0.39, 0.29) is 27.7 Å². The fraction of sp³-hybridized carbons (Fsp3) is 0.333. The van der Waals surface area contributed by atoms with Gasteiger partial charge in [0.2, 0.25) is 0 Å². The Morgan fingerprint density at radius 1 is 1.31 bits per heavy atom. The van der Waals surface area contributed by atoms with Gasteiger partial charge in [-0.3, -0.25) is 14.1 Å². The molecule has 1 atom stereocenters. The average Bonchev–Trinajstić information content (AvgIpc) is 3.51. The number of H-pyrrole nitrogens is 1. The normalized spacial score (nSPS) is 16.4. The molecule has 0 saturated carbocycles. The lowest BCUT2D eigenvalue weighted by Gasteiger charge is -2.20. The lowest BCUT2D eigenvalue weighted by molar-refractivity contribution is -0.274. The number of hydrogen-bond acceptors (Lipinski definition) is 8. The second kappa shape index (κ2) is 9.74. The van der Waals surface area contributed by atoms with Crippen molar-refractivity contribution in [1.82, 2.24) is 4.98 Å². The Hall–Kier alpha value is -2.71. The Bertz CT molecular complexity index is 1370. The highest BCUT2D eigenvalue weighted by atomic mass is 32.2. The third kappa shape index (κ3) is 5.76. The summed E-state index contributed by atoms with van der Waals surface area (Å²) in [5.74, 6) is -0.908. The number of halogens is 3. The number of carbonyl (C=O) groups is 1. The number of alkyl halides is 3. The van der Waals surface area contributed by atoms with E-state index in [0.29, 0.717) is 34.6 Å². The van der Waals surface area contributed by atoms with E-state index in [1.165, 1.54) is 37.9 Å². The van der Waals surface area contributed by atoms with Crippen LogP contribution in [0.15, 0.2) is 44.9 Å². The van der Waals surface area contributed by atoms with Gasteiger partial charge in [-0.1, -0.05) is 17.8 Å². The quantitative estimate of drug-likeness (QED) is 0.408. The second-order valence-corrected chi connectivity index (χ2v) is 12.0. The van der Waals surface area contributed by atoms with Gasteiger partial charge in [0, 0.05) is 30.7 Å². The van der Waals surface area contributed by atoms with Gasteiger partial charge in [-0.05, 0) is 30.0 Å². The molecule has 14 heteroatoms. The molecule has 188 valence electrons. The number of hydrogen-bond donors (Lipinski definition) is 1. The minimum Gasteiger partial charge on any atom is -0.466 e. The molecule has 0 spiro atoms. The summed E-state index contributed by atoms with van der Waals surface area (Å²) in [4.78, 5) is 18.6. The molecule has 0 amide bonds. The predicted octanol–water partition coefficient (Wildman–Crippen LogP) is 4.77. The minimum atomic E-state index is -4.95. The number of thioether (sulfide) groups is 1. The molecule has 4 rings (SSSR count). The van der Waals surface area contributed by atoms with Gasteiger partial charge in [0.05, 0.1) is 30.0 Å². The summed E-state index contributed by atoms with van der Waals surface area (Å²) in [6, 6.07) is 6.82.